The lowest BCUT2D eigenvalue weighted by Gasteiger charge is -1.96. The van der Waals surface area contributed by atoms with Gasteiger partial charge in [-0.3, -0.25) is 0 Å². The van der Waals surface area contributed by atoms with Crippen LogP contribution in [0.1, 0.15) is 11.3 Å². The molecule has 3 N–H and O–H groups in total. The third-order valence-corrected chi connectivity index (χ3v) is 2.75. The molecular weight excluding hydrogens is 196 g/mol. The van der Waals surface area contributed by atoms with Crippen LogP contribution >= 0.6 is 11.6 Å². The van der Waals surface area contributed by atoms with Crippen molar-refractivity contribution in [3.8, 4) is 0 Å². The monoisotopic (exact) mass is 208 g/mol. The van der Waals surface area contributed by atoms with Gasteiger partial charge in [0, 0.05) is 16.1 Å². The summed E-state index contributed by atoms with van der Waals surface area (Å²) in [5.74, 6) is 0. The van der Waals surface area contributed by atoms with Crippen molar-refractivity contribution in [3.63, 3.8) is 0 Å². The summed E-state index contributed by atoms with van der Waals surface area (Å²) >= 11 is 6.09. The van der Waals surface area contributed by atoms with E-state index in [9.17, 15) is 0 Å². The summed E-state index contributed by atoms with van der Waals surface area (Å²) in [6.07, 6.45) is 0.866. The molecule has 0 radical (unpaired) electrons. The molecule has 0 spiro atoms. The summed E-state index contributed by atoms with van der Waals surface area (Å²) in [7, 11) is 0. The van der Waals surface area contributed by atoms with E-state index >= 15 is 0 Å². The highest BCUT2D eigenvalue weighted by Gasteiger charge is 2.05. The molecule has 1 aromatic carbocycles. The van der Waals surface area contributed by atoms with Gasteiger partial charge in [0.25, 0.3) is 0 Å². The van der Waals surface area contributed by atoms with Crippen LogP contribution in [-0.2, 0) is 6.42 Å². The van der Waals surface area contributed by atoms with Crippen molar-refractivity contribution >= 4 is 22.5 Å². The van der Waals surface area contributed by atoms with Gasteiger partial charge in [0.2, 0.25) is 0 Å². The van der Waals surface area contributed by atoms with Crippen molar-refractivity contribution < 1.29 is 0 Å². The Morgan fingerprint density at radius 3 is 2.86 bits per heavy atom. The lowest BCUT2D eigenvalue weighted by Crippen LogP contribution is -2.02. The van der Waals surface area contributed by atoms with E-state index in [1.165, 1.54) is 5.56 Å². The fraction of sp³-hybridized carbons (Fsp3) is 0.273. The van der Waals surface area contributed by atoms with Crippen LogP contribution in [0.4, 0.5) is 0 Å². The van der Waals surface area contributed by atoms with Crippen molar-refractivity contribution in [1.29, 1.82) is 0 Å². The molecule has 0 fully saturated rings. The van der Waals surface area contributed by atoms with Crippen molar-refractivity contribution in [2.75, 3.05) is 6.54 Å². The van der Waals surface area contributed by atoms with Crippen LogP contribution in [0.15, 0.2) is 18.2 Å². The van der Waals surface area contributed by atoms with Crippen LogP contribution in [-0.4, -0.2) is 11.5 Å². The Labute approximate surface area is 88.1 Å². The van der Waals surface area contributed by atoms with Crippen LogP contribution in [0.2, 0.25) is 5.02 Å². The summed E-state index contributed by atoms with van der Waals surface area (Å²) in [4.78, 5) is 3.34. The smallest absolute Gasteiger partial charge is 0.0500 e. The number of nitrogens with one attached hydrogen (secondary N) is 1. The lowest BCUT2D eigenvalue weighted by atomic mass is 10.1. The minimum absolute atomic E-state index is 0.656. The molecule has 0 saturated carbocycles. The first-order valence-corrected chi connectivity index (χ1v) is 5.07. The Balaban J connectivity index is 2.63. The number of aromatic nitrogens is 1. The molecule has 2 aromatic rings. The summed E-state index contributed by atoms with van der Waals surface area (Å²) < 4.78 is 0. The largest absolute Gasteiger partial charge is 0.358 e. The zero-order valence-electron chi connectivity index (χ0n) is 8.10. The fourth-order valence-electron chi connectivity index (χ4n) is 1.67. The molecule has 0 saturated heterocycles. The van der Waals surface area contributed by atoms with Crippen molar-refractivity contribution in [2.45, 2.75) is 13.3 Å². The molecule has 0 atom stereocenters. The Kier molecular flexibility index (Phi) is 2.48. The van der Waals surface area contributed by atoms with E-state index in [4.69, 9.17) is 17.3 Å². The predicted molar refractivity (Wildman–Crippen MR) is 60.8 cm³/mol. The summed E-state index contributed by atoms with van der Waals surface area (Å²) in [6.45, 7) is 2.73. The maximum atomic E-state index is 6.09. The first kappa shape index (κ1) is 9.56. The standard InChI is InChI=1S/C11H13ClN2/c1-7-2-3-10(12)9-6-8(4-5-13)14-11(7)9/h2-3,6,14H,4-5,13H2,1H3. The first-order chi connectivity index (χ1) is 6.72. The first-order valence-electron chi connectivity index (χ1n) is 4.69. The number of benzene rings is 1. The minimum Gasteiger partial charge on any atom is -0.358 e. The third kappa shape index (κ3) is 1.51. The molecule has 2 nitrogen and oxygen atoms in total. The van der Waals surface area contributed by atoms with Gasteiger partial charge in [0.05, 0.1) is 5.52 Å². The van der Waals surface area contributed by atoms with Crippen LogP contribution in [0.3, 0.4) is 0 Å². The number of rotatable bonds is 2. The minimum atomic E-state index is 0.656. The van der Waals surface area contributed by atoms with Crippen molar-refractivity contribution in [3.05, 3.63) is 34.5 Å². The van der Waals surface area contributed by atoms with E-state index in [0.29, 0.717) is 6.54 Å². The van der Waals surface area contributed by atoms with Gasteiger partial charge in [-0.25, -0.2) is 0 Å². The highest BCUT2D eigenvalue weighted by Crippen LogP contribution is 2.26. The second-order valence-electron chi connectivity index (χ2n) is 3.49. The van der Waals surface area contributed by atoms with Crippen LogP contribution in [0.25, 0.3) is 10.9 Å². The maximum absolute atomic E-state index is 6.09. The Morgan fingerprint density at radius 2 is 2.21 bits per heavy atom. The molecule has 0 bridgehead atoms. The Hall–Kier alpha value is -0.990. The van der Waals surface area contributed by atoms with E-state index < -0.39 is 0 Å². The SMILES string of the molecule is Cc1ccc(Cl)c2cc(CCN)[nH]c12. The van der Waals surface area contributed by atoms with E-state index in [2.05, 4.69) is 18.0 Å². The van der Waals surface area contributed by atoms with Crippen molar-refractivity contribution in [2.24, 2.45) is 5.73 Å². The van der Waals surface area contributed by atoms with Gasteiger partial charge in [-0.1, -0.05) is 17.7 Å². The third-order valence-electron chi connectivity index (χ3n) is 2.42. The average Bonchev–Trinajstić information content (AvgIpc) is 2.57. The van der Waals surface area contributed by atoms with Crippen molar-refractivity contribution in [1.82, 2.24) is 4.98 Å². The number of aryl methyl sites for hydroxylation is 1. The number of aromatic amines is 1. The second kappa shape index (κ2) is 3.64. The van der Waals surface area contributed by atoms with Gasteiger partial charge in [0.15, 0.2) is 0 Å². The highest BCUT2D eigenvalue weighted by atomic mass is 35.5. The average molecular weight is 209 g/mol. The summed E-state index contributed by atoms with van der Waals surface area (Å²) in [5, 5.41) is 1.89. The number of fused-ring (bicyclic) bond motifs is 1. The molecule has 0 amide bonds. The van der Waals surface area contributed by atoms with Gasteiger partial charge in [-0.2, -0.15) is 0 Å². The number of hydrogen-bond donors (Lipinski definition) is 2. The normalized spacial score (nSPS) is 11.1. The van der Waals surface area contributed by atoms with Crippen LogP contribution in [0, 0.1) is 6.92 Å². The molecule has 2 rings (SSSR count). The van der Waals surface area contributed by atoms with Crippen LogP contribution < -0.4 is 5.73 Å². The van der Waals surface area contributed by atoms with Gasteiger partial charge in [-0.15, -0.1) is 0 Å². The molecule has 0 aliphatic carbocycles. The van der Waals surface area contributed by atoms with E-state index in [1.807, 2.05) is 12.1 Å². The number of halogens is 1. The molecule has 14 heavy (non-hydrogen) atoms. The van der Waals surface area contributed by atoms with Gasteiger partial charge < -0.3 is 10.7 Å². The molecule has 1 heterocycles. The topological polar surface area (TPSA) is 41.8 Å². The molecule has 0 aliphatic heterocycles. The zero-order valence-corrected chi connectivity index (χ0v) is 8.86. The predicted octanol–water partition coefficient (Wildman–Crippen LogP) is 2.63. The van der Waals surface area contributed by atoms with E-state index in [-0.39, 0.29) is 0 Å². The fourth-order valence-corrected chi connectivity index (χ4v) is 1.88. The zero-order chi connectivity index (χ0) is 10.1. The molecule has 0 unspecified atom stereocenters. The van der Waals surface area contributed by atoms with Crippen LogP contribution in [0.5, 0.6) is 0 Å². The Bertz CT molecular complexity index is 421. The maximum Gasteiger partial charge on any atom is 0.0500 e. The van der Waals surface area contributed by atoms with Gasteiger partial charge >= 0.3 is 0 Å². The molecule has 1 aromatic heterocycles. The molecule has 3 heteroatoms. The van der Waals surface area contributed by atoms with E-state index in [1.54, 1.807) is 0 Å². The lowest BCUT2D eigenvalue weighted by molar-refractivity contribution is 0.939. The number of hydrogen-bond acceptors (Lipinski definition) is 1. The number of H-pyrrole nitrogens is 1. The Morgan fingerprint density at radius 1 is 1.43 bits per heavy atom. The second-order valence-corrected chi connectivity index (χ2v) is 3.89. The molecular formula is C11H13ClN2. The molecule has 74 valence electrons. The van der Waals surface area contributed by atoms with Gasteiger partial charge in [0.1, 0.15) is 0 Å². The quantitative estimate of drug-likeness (QED) is 0.783. The molecule has 0 aliphatic rings. The summed E-state index contributed by atoms with van der Waals surface area (Å²) in [5.41, 5.74) is 9.00. The van der Waals surface area contributed by atoms with Gasteiger partial charge in [-0.05, 0) is 37.6 Å². The van der Waals surface area contributed by atoms with E-state index in [0.717, 1.165) is 28.0 Å². The summed E-state index contributed by atoms with van der Waals surface area (Å²) in [6, 6.07) is 6.03. The highest BCUT2D eigenvalue weighted by molar-refractivity contribution is 6.35. The number of nitrogens with two attached hydrogens (primary N) is 1.